The minimum Gasteiger partial charge on any atom is -0.324 e. The lowest BCUT2D eigenvalue weighted by Crippen LogP contribution is -2.43. The predicted octanol–water partition coefficient (Wildman–Crippen LogP) is 5.03. The highest BCUT2D eigenvalue weighted by Gasteiger charge is 2.30. The maximum atomic E-state index is 5.11. The molecule has 0 atom stereocenters. The van der Waals surface area contributed by atoms with Crippen LogP contribution in [0.3, 0.4) is 0 Å². The van der Waals surface area contributed by atoms with Crippen molar-refractivity contribution < 1.29 is 0 Å². The van der Waals surface area contributed by atoms with Crippen molar-refractivity contribution in [1.29, 1.82) is 0 Å². The Morgan fingerprint density at radius 3 is 2.38 bits per heavy atom. The van der Waals surface area contributed by atoms with Gasteiger partial charge in [-0.15, -0.1) is 0 Å². The largest absolute Gasteiger partial charge is 0.324 e. The van der Waals surface area contributed by atoms with E-state index in [0.29, 0.717) is 12.0 Å². The van der Waals surface area contributed by atoms with E-state index in [2.05, 4.69) is 39.9 Å². The predicted molar refractivity (Wildman–Crippen MR) is 121 cm³/mol. The van der Waals surface area contributed by atoms with E-state index in [-0.39, 0.29) is 0 Å². The number of nitrogens with zero attached hydrogens (tertiary/aromatic N) is 3. The van der Waals surface area contributed by atoms with E-state index in [1.165, 1.54) is 99.8 Å². The molecule has 2 saturated heterocycles. The van der Waals surface area contributed by atoms with Gasteiger partial charge in [0.25, 0.3) is 0 Å². The zero-order valence-electron chi connectivity index (χ0n) is 18.2. The van der Waals surface area contributed by atoms with Crippen LogP contribution in [-0.2, 0) is 0 Å². The third-order valence-electron chi connectivity index (χ3n) is 7.68. The van der Waals surface area contributed by atoms with Crippen LogP contribution in [0.1, 0.15) is 81.1 Å². The van der Waals surface area contributed by atoms with E-state index < -0.39 is 0 Å². The van der Waals surface area contributed by atoms with Crippen LogP contribution in [0.15, 0.2) is 18.2 Å². The second-order valence-electron chi connectivity index (χ2n) is 9.93. The normalized spacial score (nSPS) is 23.8. The van der Waals surface area contributed by atoms with Crippen molar-refractivity contribution in [3.05, 3.63) is 29.6 Å². The molecule has 4 heteroatoms. The molecule has 5 rings (SSSR count). The summed E-state index contributed by atoms with van der Waals surface area (Å²) in [6.07, 6.45) is 12.8. The number of nitrogens with one attached hydrogen (secondary N) is 1. The first-order valence-corrected chi connectivity index (χ1v) is 12.2. The van der Waals surface area contributed by atoms with Gasteiger partial charge in [-0.3, -0.25) is 0 Å². The van der Waals surface area contributed by atoms with Crippen molar-refractivity contribution >= 4 is 11.0 Å². The number of hydrogen-bond donors (Lipinski definition) is 1. The van der Waals surface area contributed by atoms with Gasteiger partial charge in [-0.05, 0) is 56.2 Å². The first-order chi connectivity index (χ1) is 14.3. The summed E-state index contributed by atoms with van der Waals surface area (Å²) < 4.78 is 2.63. The van der Waals surface area contributed by atoms with Gasteiger partial charge in [0.1, 0.15) is 5.82 Å². The van der Waals surface area contributed by atoms with E-state index in [9.17, 15) is 0 Å². The standard InChI is InChI=1S/C25H38N4/c1-19-9-10-24-23(15-19)27-25(21-16-26-17-21)29(24)22-11-13-28(14-12-22)18-20-7-5-3-2-4-6-8-20/h9-10,15,20-22,26H,2-8,11-14,16-18H2,1H3. The van der Waals surface area contributed by atoms with Gasteiger partial charge < -0.3 is 14.8 Å². The third-order valence-corrected chi connectivity index (χ3v) is 7.68. The van der Waals surface area contributed by atoms with Crippen molar-refractivity contribution in [2.24, 2.45) is 5.92 Å². The van der Waals surface area contributed by atoms with E-state index >= 15 is 0 Å². The van der Waals surface area contributed by atoms with Crippen LogP contribution >= 0.6 is 0 Å². The molecule has 0 radical (unpaired) electrons. The van der Waals surface area contributed by atoms with Gasteiger partial charge in [0.05, 0.1) is 11.0 Å². The number of aromatic nitrogens is 2. The minimum absolute atomic E-state index is 0.593. The molecule has 1 N–H and O–H groups in total. The Balaban J connectivity index is 1.28. The van der Waals surface area contributed by atoms with Crippen LogP contribution in [0.4, 0.5) is 0 Å². The molecule has 3 aliphatic rings. The van der Waals surface area contributed by atoms with Crippen LogP contribution in [0.2, 0.25) is 0 Å². The monoisotopic (exact) mass is 394 g/mol. The van der Waals surface area contributed by atoms with Crippen molar-refractivity contribution in [2.45, 2.75) is 76.7 Å². The van der Waals surface area contributed by atoms with Crippen LogP contribution in [0, 0.1) is 12.8 Å². The van der Waals surface area contributed by atoms with Crippen molar-refractivity contribution in [3.8, 4) is 0 Å². The molecule has 158 valence electrons. The van der Waals surface area contributed by atoms with Gasteiger partial charge in [-0.1, -0.05) is 38.2 Å². The second-order valence-corrected chi connectivity index (χ2v) is 9.93. The Hall–Kier alpha value is -1.39. The molecule has 1 saturated carbocycles. The summed E-state index contributed by atoms with van der Waals surface area (Å²) >= 11 is 0. The van der Waals surface area contributed by atoms with Gasteiger partial charge in [-0.2, -0.15) is 0 Å². The van der Waals surface area contributed by atoms with Gasteiger partial charge in [0.2, 0.25) is 0 Å². The average molecular weight is 395 g/mol. The van der Waals surface area contributed by atoms with Crippen LogP contribution in [0.5, 0.6) is 0 Å². The third kappa shape index (κ3) is 4.25. The maximum Gasteiger partial charge on any atom is 0.115 e. The van der Waals surface area contributed by atoms with E-state index in [1.807, 2.05) is 0 Å². The van der Waals surface area contributed by atoms with E-state index in [4.69, 9.17) is 4.98 Å². The maximum absolute atomic E-state index is 5.11. The lowest BCUT2D eigenvalue weighted by atomic mass is 9.90. The fraction of sp³-hybridized carbons (Fsp3) is 0.720. The smallest absolute Gasteiger partial charge is 0.115 e. The second kappa shape index (κ2) is 8.77. The molecule has 29 heavy (non-hydrogen) atoms. The molecule has 0 amide bonds. The van der Waals surface area contributed by atoms with Gasteiger partial charge >= 0.3 is 0 Å². The molecule has 3 heterocycles. The van der Waals surface area contributed by atoms with Crippen LogP contribution in [-0.4, -0.2) is 47.2 Å². The molecule has 3 fully saturated rings. The molecule has 0 unspecified atom stereocenters. The lowest BCUT2D eigenvalue weighted by molar-refractivity contribution is 0.151. The number of benzene rings is 1. The highest BCUT2D eigenvalue weighted by Crippen LogP contribution is 2.34. The fourth-order valence-electron chi connectivity index (χ4n) is 5.82. The Morgan fingerprint density at radius 1 is 0.966 bits per heavy atom. The zero-order chi connectivity index (χ0) is 19.6. The number of hydrogen-bond acceptors (Lipinski definition) is 3. The van der Waals surface area contributed by atoms with Gasteiger partial charge in [-0.25, -0.2) is 4.98 Å². The summed E-state index contributed by atoms with van der Waals surface area (Å²) in [7, 11) is 0. The molecule has 2 aromatic rings. The first kappa shape index (κ1) is 19.6. The molecule has 1 aromatic carbocycles. The Kier molecular flexibility index (Phi) is 5.92. The summed E-state index contributed by atoms with van der Waals surface area (Å²) in [5, 5.41) is 3.45. The lowest BCUT2D eigenvalue weighted by Gasteiger charge is -2.37. The molecule has 0 bridgehead atoms. The number of imidazole rings is 1. The summed E-state index contributed by atoms with van der Waals surface area (Å²) in [4.78, 5) is 7.89. The van der Waals surface area contributed by atoms with Crippen molar-refractivity contribution in [2.75, 3.05) is 32.7 Å². The van der Waals surface area contributed by atoms with Crippen molar-refractivity contribution in [1.82, 2.24) is 19.8 Å². The van der Waals surface area contributed by atoms with Gasteiger partial charge in [0.15, 0.2) is 0 Å². The molecular weight excluding hydrogens is 356 g/mol. The zero-order valence-corrected chi connectivity index (χ0v) is 18.2. The SMILES string of the molecule is Cc1ccc2c(c1)nc(C1CNC1)n2C1CCN(CC2CCCCCCC2)CC1. The summed E-state index contributed by atoms with van der Waals surface area (Å²) in [6, 6.07) is 7.46. The number of aryl methyl sites for hydroxylation is 1. The molecular formula is C25H38N4. The van der Waals surface area contributed by atoms with E-state index in [1.54, 1.807) is 0 Å². The number of fused-ring (bicyclic) bond motifs is 1. The number of piperidine rings is 1. The quantitative estimate of drug-likeness (QED) is 0.789. The minimum atomic E-state index is 0.593. The topological polar surface area (TPSA) is 33.1 Å². The molecule has 4 nitrogen and oxygen atoms in total. The number of likely N-dealkylation sites (tertiary alicyclic amines) is 1. The first-order valence-electron chi connectivity index (χ1n) is 12.2. The van der Waals surface area contributed by atoms with Gasteiger partial charge in [0, 0.05) is 44.7 Å². The summed E-state index contributed by atoms with van der Waals surface area (Å²) in [6.45, 7) is 8.21. The Bertz CT molecular complexity index is 806. The Labute approximate surface area is 176 Å². The average Bonchev–Trinajstić information content (AvgIpc) is 3.00. The fourth-order valence-corrected chi connectivity index (χ4v) is 5.82. The highest BCUT2D eigenvalue weighted by molar-refractivity contribution is 5.77. The van der Waals surface area contributed by atoms with E-state index in [0.717, 1.165) is 19.0 Å². The highest BCUT2D eigenvalue weighted by atomic mass is 15.2. The summed E-state index contributed by atoms with van der Waals surface area (Å²) in [5.41, 5.74) is 3.87. The molecule has 1 aliphatic carbocycles. The number of rotatable bonds is 4. The van der Waals surface area contributed by atoms with Crippen LogP contribution < -0.4 is 5.32 Å². The molecule has 0 spiro atoms. The van der Waals surface area contributed by atoms with Crippen molar-refractivity contribution in [3.63, 3.8) is 0 Å². The van der Waals surface area contributed by atoms with Crippen LogP contribution in [0.25, 0.3) is 11.0 Å². The molecule has 1 aromatic heterocycles. The summed E-state index contributed by atoms with van der Waals surface area (Å²) in [5.74, 6) is 2.87. The Morgan fingerprint density at radius 2 is 1.69 bits per heavy atom. The molecule has 2 aliphatic heterocycles.